The Labute approximate surface area is 127 Å². The highest BCUT2D eigenvalue weighted by Crippen LogP contribution is 2.19. The van der Waals surface area contributed by atoms with Crippen molar-refractivity contribution < 1.29 is 9.90 Å². The third-order valence-electron chi connectivity index (χ3n) is 4.26. The molecule has 1 aromatic carbocycles. The molecule has 0 radical (unpaired) electrons. The summed E-state index contributed by atoms with van der Waals surface area (Å²) in [7, 11) is 0. The predicted octanol–water partition coefficient (Wildman–Crippen LogP) is 1.64. The SMILES string of the molecule is Cc1cc(C)c(CN2CCN(C(=O)C(C)O)CC2)c(C)c1. The number of nitrogens with zero attached hydrogens (tertiary/aromatic N) is 2. The molecule has 1 atom stereocenters. The van der Waals surface area contributed by atoms with E-state index in [0.29, 0.717) is 13.1 Å². The Hall–Kier alpha value is -1.39. The van der Waals surface area contributed by atoms with Crippen LogP contribution in [0.2, 0.25) is 0 Å². The lowest BCUT2D eigenvalue weighted by Crippen LogP contribution is -2.50. The van der Waals surface area contributed by atoms with Crippen LogP contribution in [0.25, 0.3) is 0 Å². The van der Waals surface area contributed by atoms with Crippen LogP contribution < -0.4 is 0 Å². The van der Waals surface area contributed by atoms with Gasteiger partial charge in [0.15, 0.2) is 0 Å². The molecule has 1 fully saturated rings. The Kier molecular flexibility index (Phi) is 5.01. The number of rotatable bonds is 3. The van der Waals surface area contributed by atoms with Crippen molar-refractivity contribution in [3.05, 3.63) is 34.4 Å². The van der Waals surface area contributed by atoms with Crippen molar-refractivity contribution in [3.63, 3.8) is 0 Å². The second-order valence-electron chi connectivity index (χ2n) is 6.15. The number of hydrogen-bond acceptors (Lipinski definition) is 3. The van der Waals surface area contributed by atoms with Gasteiger partial charge in [-0.15, -0.1) is 0 Å². The zero-order chi connectivity index (χ0) is 15.6. The van der Waals surface area contributed by atoms with E-state index < -0.39 is 6.10 Å². The molecule has 0 aromatic heterocycles. The highest BCUT2D eigenvalue weighted by atomic mass is 16.3. The lowest BCUT2D eigenvalue weighted by atomic mass is 9.99. The Balaban J connectivity index is 1.97. The maximum atomic E-state index is 11.8. The molecular weight excluding hydrogens is 264 g/mol. The molecular formula is C17H26N2O2. The first-order valence-electron chi connectivity index (χ1n) is 7.64. The highest BCUT2D eigenvalue weighted by Gasteiger charge is 2.24. The average Bonchev–Trinajstić information content (AvgIpc) is 2.42. The first-order valence-corrected chi connectivity index (χ1v) is 7.64. The molecule has 1 N–H and O–H groups in total. The minimum atomic E-state index is -0.891. The van der Waals surface area contributed by atoms with E-state index in [1.54, 1.807) is 4.90 Å². The van der Waals surface area contributed by atoms with E-state index in [1.165, 1.54) is 29.2 Å². The summed E-state index contributed by atoms with van der Waals surface area (Å²) in [6.07, 6.45) is -0.891. The van der Waals surface area contributed by atoms with Crippen LogP contribution in [-0.4, -0.2) is 53.1 Å². The van der Waals surface area contributed by atoms with Crippen LogP contribution in [0, 0.1) is 20.8 Å². The van der Waals surface area contributed by atoms with Gasteiger partial charge in [0.05, 0.1) is 0 Å². The molecule has 1 unspecified atom stereocenters. The molecule has 1 aromatic rings. The number of amides is 1. The summed E-state index contributed by atoms with van der Waals surface area (Å²) in [6, 6.07) is 4.46. The van der Waals surface area contributed by atoms with Crippen molar-refractivity contribution in [3.8, 4) is 0 Å². The van der Waals surface area contributed by atoms with Crippen LogP contribution >= 0.6 is 0 Å². The van der Waals surface area contributed by atoms with E-state index in [-0.39, 0.29) is 5.91 Å². The average molecular weight is 290 g/mol. The van der Waals surface area contributed by atoms with Gasteiger partial charge >= 0.3 is 0 Å². The second kappa shape index (κ2) is 6.58. The van der Waals surface area contributed by atoms with Crippen LogP contribution in [0.1, 0.15) is 29.2 Å². The summed E-state index contributed by atoms with van der Waals surface area (Å²) in [5.41, 5.74) is 5.39. The fraction of sp³-hybridized carbons (Fsp3) is 0.588. The zero-order valence-electron chi connectivity index (χ0n) is 13.5. The van der Waals surface area contributed by atoms with Crippen LogP contribution in [0.5, 0.6) is 0 Å². The fourth-order valence-electron chi connectivity index (χ4n) is 3.07. The predicted molar refractivity (Wildman–Crippen MR) is 84.2 cm³/mol. The van der Waals surface area contributed by atoms with Crippen molar-refractivity contribution in [2.45, 2.75) is 40.3 Å². The summed E-state index contributed by atoms with van der Waals surface area (Å²) in [6.45, 7) is 12.1. The van der Waals surface area contributed by atoms with Gasteiger partial charge in [-0.2, -0.15) is 0 Å². The van der Waals surface area contributed by atoms with Gasteiger partial charge in [-0.25, -0.2) is 0 Å². The molecule has 116 valence electrons. The molecule has 1 heterocycles. The number of carbonyl (C=O) groups excluding carboxylic acids is 1. The van der Waals surface area contributed by atoms with Crippen LogP contribution in [0.3, 0.4) is 0 Å². The van der Waals surface area contributed by atoms with Gasteiger partial charge in [0.2, 0.25) is 0 Å². The van der Waals surface area contributed by atoms with Gasteiger partial charge < -0.3 is 10.0 Å². The van der Waals surface area contributed by atoms with Gasteiger partial charge in [-0.1, -0.05) is 17.7 Å². The minimum Gasteiger partial charge on any atom is -0.384 e. The Bertz CT molecular complexity index is 495. The Morgan fingerprint density at radius 3 is 2.14 bits per heavy atom. The number of aryl methyl sites for hydroxylation is 3. The van der Waals surface area contributed by atoms with Crippen LogP contribution in [0.4, 0.5) is 0 Å². The number of hydrogen-bond donors (Lipinski definition) is 1. The highest BCUT2D eigenvalue weighted by molar-refractivity contribution is 5.80. The van der Waals surface area contributed by atoms with Crippen LogP contribution in [-0.2, 0) is 11.3 Å². The van der Waals surface area contributed by atoms with Gasteiger partial charge in [-0.05, 0) is 44.4 Å². The fourth-order valence-corrected chi connectivity index (χ4v) is 3.07. The van der Waals surface area contributed by atoms with E-state index in [2.05, 4.69) is 37.8 Å². The number of benzene rings is 1. The normalized spacial score (nSPS) is 17.9. The largest absolute Gasteiger partial charge is 0.384 e. The third-order valence-corrected chi connectivity index (χ3v) is 4.26. The summed E-state index contributed by atoms with van der Waals surface area (Å²) in [5.74, 6) is -0.155. The second-order valence-corrected chi connectivity index (χ2v) is 6.15. The quantitative estimate of drug-likeness (QED) is 0.920. The molecule has 1 aliphatic rings. The van der Waals surface area contributed by atoms with Crippen molar-refractivity contribution in [1.82, 2.24) is 9.80 Å². The van der Waals surface area contributed by atoms with Gasteiger partial charge in [0.25, 0.3) is 5.91 Å². The maximum absolute atomic E-state index is 11.8. The van der Waals surface area contributed by atoms with Crippen molar-refractivity contribution in [2.24, 2.45) is 0 Å². The summed E-state index contributed by atoms with van der Waals surface area (Å²) in [4.78, 5) is 15.9. The molecule has 21 heavy (non-hydrogen) atoms. The van der Waals surface area contributed by atoms with Gasteiger partial charge in [0, 0.05) is 32.7 Å². The van der Waals surface area contributed by atoms with Crippen molar-refractivity contribution in [1.29, 1.82) is 0 Å². The minimum absolute atomic E-state index is 0.155. The van der Waals surface area contributed by atoms with Gasteiger partial charge in [0.1, 0.15) is 6.10 Å². The smallest absolute Gasteiger partial charge is 0.251 e. The molecule has 0 bridgehead atoms. The van der Waals surface area contributed by atoms with Gasteiger partial charge in [-0.3, -0.25) is 9.69 Å². The molecule has 0 spiro atoms. The van der Waals surface area contributed by atoms with E-state index in [0.717, 1.165) is 19.6 Å². The Morgan fingerprint density at radius 2 is 1.67 bits per heavy atom. The molecule has 1 amide bonds. The van der Waals surface area contributed by atoms with E-state index in [1.807, 2.05) is 0 Å². The summed E-state index contributed by atoms with van der Waals surface area (Å²) >= 11 is 0. The molecule has 4 nitrogen and oxygen atoms in total. The summed E-state index contributed by atoms with van der Waals surface area (Å²) in [5, 5.41) is 9.37. The van der Waals surface area contributed by atoms with Crippen molar-refractivity contribution in [2.75, 3.05) is 26.2 Å². The van der Waals surface area contributed by atoms with Crippen molar-refractivity contribution >= 4 is 5.91 Å². The monoisotopic (exact) mass is 290 g/mol. The number of carbonyl (C=O) groups is 1. The van der Waals surface area contributed by atoms with Crippen LogP contribution in [0.15, 0.2) is 12.1 Å². The lowest BCUT2D eigenvalue weighted by Gasteiger charge is -2.35. The number of piperazine rings is 1. The molecule has 4 heteroatoms. The molecule has 1 saturated heterocycles. The zero-order valence-corrected chi connectivity index (χ0v) is 13.5. The lowest BCUT2D eigenvalue weighted by molar-refractivity contribution is -0.141. The Morgan fingerprint density at radius 1 is 1.14 bits per heavy atom. The molecule has 1 aliphatic heterocycles. The van der Waals surface area contributed by atoms with E-state index >= 15 is 0 Å². The maximum Gasteiger partial charge on any atom is 0.251 e. The standard InChI is InChI=1S/C17H26N2O2/c1-12-9-13(2)16(14(3)10-12)11-18-5-7-19(8-6-18)17(21)15(4)20/h9-10,15,20H,5-8,11H2,1-4H3. The number of aliphatic hydroxyl groups excluding tert-OH is 1. The first-order chi connectivity index (χ1) is 9.88. The molecule has 2 rings (SSSR count). The number of aliphatic hydroxyl groups is 1. The molecule has 0 aliphatic carbocycles. The summed E-state index contributed by atoms with van der Waals surface area (Å²) < 4.78 is 0. The first kappa shape index (κ1) is 16.0. The topological polar surface area (TPSA) is 43.8 Å². The third kappa shape index (κ3) is 3.83. The molecule has 0 saturated carbocycles. The van der Waals surface area contributed by atoms with E-state index in [4.69, 9.17) is 0 Å². The van der Waals surface area contributed by atoms with E-state index in [9.17, 15) is 9.90 Å².